The molecule has 1 unspecified atom stereocenters. The van der Waals surface area contributed by atoms with Crippen molar-refractivity contribution in [3.05, 3.63) is 46.5 Å². The van der Waals surface area contributed by atoms with Crippen molar-refractivity contribution in [2.45, 2.75) is 51.8 Å². The fourth-order valence-electron chi connectivity index (χ4n) is 4.17. The highest BCUT2D eigenvalue weighted by Gasteiger charge is 2.33. The summed E-state index contributed by atoms with van der Waals surface area (Å²) in [6.45, 7) is 2.04. The van der Waals surface area contributed by atoms with Gasteiger partial charge in [-0.1, -0.05) is 0 Å². The maximum Gasteiger partial charge on any atom is 0.488 e. The normalized spacial score (nSPS) is 18.1. The van der Waals surface area contributed by atoms with Crippen molar-refractivity contribution in [1.29, 1.82) is 0 Å². The minimum atomic E-state index is -1.73. The van der Waals surface area contributed by atoms with E-state index < -0.39 is 19.1 Å². The van der Waals surface area contributed by atoms with Gasteiger partial charge in [0.1, 0.15) is 6.61 Å². The van der Waals surface area contributed by atoms with Crippen molar-refractivity contribution >= 4 is 24.5 Å². The Bertz CT molecular complexity index is 940. The molecule has 146 valence electrons. The molecule has 3 N–H and O–H groups in total. The van der Waals surface area contributed by atoms with Crippen LogP contribution in [0.25, 0.3) is 0 Å². The standard InChI is InChI=1S/C19H22BN3O5/c1-11(24)28-10-14-15(20(26)27)5-6-21-18(14)16-9-17-13(19(25)22-16)8-12-4-2-3-7-23(12)17/h5-6,8,16,26-27H,2-4,7,9-10H2,1H3,(H,22,25). The van der Waals surface area contributed by atoms with Crippen LogP contribution in [0, 0.1) is 0 Å². The Balaban J connectivity index is 1.73. The van der Waals surface area contributed by atoms with Gasteiger partial charge in [0.2, 0.25) is 0 Å². The predicted molar refractivity (Wildman–Crippen MR) is 101 cm³/mol. The van der Waals surface area contributed by atoms with Gasteiger partial charge in [-0.15, -0.1) is 0 Å². The lowest BCUT2D eigenvalue weighted by molar-refractivity contribution is -0.142. The Labute approximate surface area is 162 Å². The van der Waals surface area contributed by atoms with Gasteiger partial charge >= 0.3 is 13.1 Å². The first-order chi connectivity index (χ1) is 13.5. The highest BCUT2D eigenvalue weighted by Crippen LogP contribution is 2.31. The van der Waals surface area contributed by atoms with Crippen molar-refractivity contribution < 1.29 is 24.4 Å². The van der Waals surface area contributed by atoms with E-state index in [9.17, 15) is 19.6 Å². The lowest BCUT2D eigenvalue weighted by Gasteiger charge is -2.28. The van der Waals surface area contributed by atoms with Gasteiger partial charge in [0.05, 0.1) is 17.3 Å². The number of hydrogen-bond acceptors (Lipinski definition) is 6. The van der Waals surface area contributed by atoms with Crippen LogP contribution < -0.4 is 10.8 Å². The van der Waals surface area contributed by atoms with Crippen LogP contribution >= 0.6 is 0 Å². The Morgan fingerprint density at radius 3 is 3.00 bits per heavy atom. The first-order valence-electron chi connectivity index (χ1n) is 9.45. The van der Waals surface area contributed by atoms with Gasteiger partial charge in [-0.25, -0.2) is 0 Å². The average molecular weight is 383 g/mol. The smallest absolute Gasteiger partial charge is 0.461 e. The number of amides is 1. The Kier molecular flexibility index (Phi) is 4.95. The number of rotatable bonds is 4. The topological polar surface area (TPSA) is 114 Å². The third-order valence-electron chi connectivity index (χ3n) is 5.46. The van der Waals surface area contributed by atoms with Crippen molar-refractivity contribution in [3.8, 4) is 0 Å². The molecule has 0 saturated carbocycles. The molecule has 2 aromatic rings. The number of aryl methyl sites for hydroxylation is 1. The molecule has 28 heavy (non-hydrogen) atoms. The molecule has 0 fully saturated rings. The van der Waals surface area contributed by atoms with E-state index in [1.54, 1.807) is 0 Å². The maximum atomic E-state index is 12.7. The van der Waals surface area contributed by atoms with E-state index in [0.29, 0.717) is 23.2 Å². The SMILES string of the molecule is CC(=O)OCc1c(B(O)O)ccnc1C1Cc2c(cc3n2CCCC3)C(=O)N1. The number of carbonyl (C=O) groups excluding carboxylic acids is 2. The minimum Gasteiger partial charge on any atom is -0.461 e. The van der Waals surface area contributed by atoms with Crippen LogP contribution in [-0.2, 0) is 35.5 Å². The largest absolute Gasteiger partial charge is 0.488 e. The molecule has 1 atom stereocenters. The van der Waals surface area contributed by atoms with Crippen LogP contribution in [-0.4, -0.2) is 38.6 Å². The minimum absolute atomic E-state index is 0.142. The van der Waals surface area contributed by atoms with Crippen molar-refractivity contribution in [3.63, 3.8) is 0 Å². The van der Waals surface area contributed by atoms with Gasteiger partial charge < -0.3 is 24.7 Å². The van der Waals surface area contributed by atoms with E-state index in [1.807, 2.05) is 6.07 Å². The Morgan fingerprint density at radius 2 is 2.25 bits per heavy atom. The van der Waals surface area contributed by atoms with Crippen LogP contribution in [0.5, 0.6) is 0 Å². The van der Waals surface area contributed by atoms with E-state index in [0.717, 1.165) is 31.5 Å². The summed E-state index contributed by atoms with van der Waals surface area (Å²) in [5, 5.41) is 22.4. The fourth-order valence-corrected chi connectivity index (χ4v) is 4.17. The summed E-state index contributed by atoms with van der Waals surface area (Å²) >= 11 is 0. The van der Waals surface area contributed by atoms with E-state index >= 15 is 0 Å². The summed E-state index contributed by atoms with van der Waals surface area (Å²) in [5.74, 6) is -0.646. The monoisotopic (exact) mass is 383 g/mol. The molecule has 2 aliphatic rings. The summed E-state index contributed by atoms with van der Waals surface area (Å²) in [5.41, 5.74) is 3.97. The number of esters is 1. The quantitative estimate of drug-likeness (QED) is 0.506. The Morgan fingerprint density at radius 1 is 1.43 bits per heavy atom. The molecule has 8 nitrogen and oxygen atoms in total. The number of carbonyl (C=O) groups is 2. The number of pyridine rings is 1. The summed E-state index contributed by atoms with van der Waals surface area (Å²) in [6, 6.07) is 3.01. The van der Waals surface area contributed by atoms with Crippen molar-refractivity contribution in [2.75, 3.05) is 0 Å². The van der Waals surface area contributed by atoms with Gasteiger partial charge in [-0.3, -0.25) is 14.6 Å². The molecule has 0 radical (unpaired) electrons. The Hall–Kier alpha value is -2.65. The van der Waals surface area contributed by atoms with Crippen LogP contribution in [0.2, 0.25) is 0 Å². The second-order valence-corrected chi connectivity index (χ2v) is 7.25. The van der Waals surface area contributed by atoms with E-state index in [4.69, 9.17) is 4.74 Å². The van der Waals surface area contributed by atoms with Gasteiger partial charge in [0.25, 0.3) is 5.91 Å². The van der Waals surface area contributed by atoms with Crippen molar-refractivity contribution in [1.82, 2.24) is 14.9 Å². The molecule has 0 saturated heterocycles. The molecule has 0 aromatic carbocycles. The summed E-state index contributed by atoms with van der Waals surface area (Å²) in [7, 11) is -1.73. The number of nitrogens with zero attached hydrogens (tertiary/aromatic N) is 2. The third-order valence-corrected chi connectivity index (χ3v) is 5.46. The van der Waals surface area contributed by atoms with Gasteiger partial charge in [-0.2, -0.15) is 0 Å². The molecular formula is C19H22BN3O5. The third kappa shape index (κ3) is 3.31. The zero-order valence-corrected chi connectivity index (χ0v) is 15.6. The van der Waals surface area contributed by atoms with Crippen molar-refractivity contribution in [2.24, 2.45) is 0 Å². The van der Waals surface area contributed by atoms with Gasteiger partial charge in [-0.05, 0) is 36.9 Å². The first kappa shape index (κ1) is 18.7. The lowest BCUT2D eigenvalue weighted by atomic mass is 9.76. The molecule has 0 bridgehead atoms. The summed E-state index contributed by atoms with van der Waals surface area (Å²) in [4.78, 5) is 28.4. The number of aromatic nitrogens is 2. The fraction of sp³-hybridized carbons (Fsp3) is 0.421. The lowest BCUT2D eigenvalue weighted by Crippen LogP contribution is -2.40. The molecular weight excluding hydrogens is 361 g/mol. The predicted octanol–water partition coefficient (Wildman–Crippen LogP) is -0.0105. The number of hydrogen-bond donors (Lipinski definition) is 3. The molecule has 4 heterocycles. The second-order valence-electron chi connectivity index (χ2n) is 7.25. The van der Waals surface area contributed by atoms with E-state index in [1.165, 1.54) is 24.9 Å². The molecule has 0 spiro atoms. The summed E-state index contributed by atoms with van der Waals surface area (Å²) in [6.07, 6.45) is 5.19. The highest BCUT2D eigenvalue weighted by molar-refractivity contribution is 6.59. The molecule has 1 amide bonds. The molecule has 2 aromatic heterocycles. The highest BCUT2D eigenvalue weighted by atomic mass is 16.5. The number of fused-ring (bicyclic) bond motifs is 3. The zero-order chi connectivity index (χ0) is 19.8. The summed E-state index contributed by atoms with van der Waals surface area (Å²) < 4.78 is 7.33. The van der Waals surface area contributed by atoms with Gasteiger partial charge in [0, 0.05) is 43.0 Å². The van der Waals surface area contributed by atoms with E-state index in [2.05, 4.69) is 14.9 Å². The van der Waals surface area contributed by atoms with Crippen LogP contribution in [0.15, 0.2) is 18.3 Å². The maximum absolute atomic E-state index is 12.7. The van der Waals surface area contributed by atoms with Gasteiger partial charge in [0.15, 0.2) is 0 Å². The first-order valence-corrected chi connectivity index (χ1v) is 9.45. The second kappa shape index (κ2) is 7.41. The molecule has 0 aliphatic carbocycles. The van der Waals surface area contributed by atoms with Crippen LogP contribution in [0.3, 0.4) is 0 Å². The molecule has 2 aliphatic heterocycles. The molecule has 9 heteroatoms. The zero-order valence-electron chi connectivity index (χ0n) is 15.6. The average Bonchev–Trinajstić information content (AvgIpc) is 3.05. The van der Waals surface area contributed by atoms with E-state index in [-0.39, 0.29) is 18.0 Å². The number of nitrogens with one attached hydrogen (secondary N) is 1. The number of ether oxygens (including phenoxy) is 1. The van der Waals surface area contributed by atoms with Crippen LogP contribution in [0.4, 0.5) is 0 Å². The molecule has 4 rings (SSSR count). The van der Waals surface area contributed by atoms with Crippen LogP contribution in [0.1, 0.15) is 58.8 Å².